The molecule has 0 fully saturated rings. The molecule has 1 amide bonds. The molecule has 0 saturated carbocycles. The number of ether oxygens (including phenoxy) is 3. The molecule has 6 nitrogen and oxygen atoms in total. The van der Waals surface area contributed by atoms with Gasteiger partial charge in [-0.25, -0.2) is 0 Å². The predicted octanol–water partition coefficient (Wildman–Crippen LogP) is 2.88. The Morgan fingerprint density at radius 3 is 2.42 bits per heavy atom. The number of rotatable bonds is 6. The van der Waals surface area contributed by atoms with Gasteiger partial charge in [0.1, 0.15) is 0 Å². The van der Waals surface area contributed by atoms with E-state index in [1.165, 1.54) is 20.3 Å². The van der Waals surface area contributed by atoms with E-state index in [1.54, 1.807) is 31.4 Å². The summed E-state index contributed by atoms with van der Waals surface area (Å²) in [5.74, 6) is 1.18. The molecule has 0 aliphatic carbocycles. The second-order valence-electron chi connectivity index (χ2n) is 4.91. The van der Waals surface area contributed by atoms with E-state index in [-0.39, 0.29) is 12.5 Å². The van der Waals surface area contributed by atoms with Gasteiger partial charge in [-0.3, -0.25) is 4.79 Å². The summed E-state index contributed by atoms with van der Waals surface area (Å²) in [5.41, 5.74) is 7.24. The molecule has 0 heterocycles. The standard InChI is InChI=1S/C17H19ClN2O4/c1-22-14-7-4-10(15(23-2)16(14)24-3)9-20-17(21)12-8-11(18)5-6-13(12)19/h4-8H,9,19H2,1-3H3,(H,20,21). The first-order valence-electron chi connectivity index (χ1n) is 7.12. The van der Waals surface area contributed by atoms with Crippen LogP contribution in [0.5, 0.6) is 17.2 Å². The number of anilines is 1. The van der Waals surface area contributed by atoms with Crippen LogP contribution in [-0.2, 0) is 6.54 Å². The fourth-order valence-electron chi connectivity index (χ4n) is 2.30. The lowest BCUT2D eigenvalue weighted by atomic mass is 10.1. The highest BCUT2D eigenvalue weighted by molar-refractivity contribution is 6.31. The molecule has 0 aliphatic rings. The van der Waals surface area contributed by atoms with Crippen LogP contribution in [0.3, 0.4) is 0 Å². The topological polar surface area (TPSA) is 82.8 Å². The molecule has 0 aliphatic heterocycles. The van der Waals surface area contributed by atoms with Crippen LogP contribution in [0, 0.1) is 0 Å². The molecular formula is C17H19ClN2O4. The number of carbonyl (C=O) groups is 1. The van der Waals surface area contributed by atoms with E-state index in [0.717, 1.165) is 5.56 Å². The lowest BCUT2D eigenvalue weighted by molar-refractivity contribution is 0.0951. The van der Waals surface area contributed by atoms with Crippen molar-refractivity contribution in [3.8, 4) is 17.2 Å². The summed E-state index contributed by atoms with van der Waals surface area (Å²) < 4.78 is 15.9. The molecule has 2 aromatic carbocycles. The van der Waals surface area contributed by atoms with E-state index in [2.05, 4.69) is 5.32 Å². The van der Waals surface area contributed by atoms with Gasteiger partial charge in [-0.2, -0.15) is 0 Å². The smallest absolute Gasteiger partial charge is 0.253 e. The molecule has 3 N–H and O–H groups in total. The average Bonchev–Trinajstić information content (AvgIpc) is 2.60. The van der Waals surface area contributed by atoms with Gasteiger partial charge in [0.25, 0.3) is 5.91 Å². The molecule has 0 atom stereocenters. The third-order valence-electron chi connectivity index (χ3n) is 3.49. The summed E-state index contributed by atoms with van der Waals surface area (Å²) >= 11 is 5.91. The van der Waals surface area contributed by atoms with Gasteiger partial charge >= 0.3 is 0 Å². The van der Waals surface area contributed by atoms with Crippen molar-refractivity contribution in [1.29, 1.82) is 0 Å². The van der Waals surface area contributed by atoms with Crippen molar-refractivity contribution in [1.82, 2.24) is 5.32 Å². The first-order chi connectivity index (χ1) is 11.5. The molecular weight excluding hydrogens is 332 g/mol. The van der Waals surface area contributed by atoms with Gasteiger partial charge in [0.05, 0.1) is 26.9 Å². The van der Waals surface area contributed by atoms with Gasteiger partial charge in [-0.15, -0.1) is 0 Å². The molecule has 128 valence electrons. The summed E-state index contributed by atoms with van der Waals surface area (Å²) in [7, 11) is 4.59. The van der Waals surface area contributed by atoms with Gasteiger partial charge in [0, 0.05) is 22.8 Å². The maximum Gasteiger partial charge on any atom is 0.253 e. The third kappa shape index (κ3) is 3.65. The highest BCUT2D eigenvalue weighted by Crippen LogP contribution is 2.39. The summed E-state index contributed by atoms with van der Waals surface area (Å²) in [6.07, 6.45) is 0. The van der Waals surface area contributed by atoms with Gasteiger partial charge in [-0.1, -0.05) is 11.6 Å². The van der Waals surface area contributed by atoms with Crippen LogP contribution in [0.2, 0.25) is 5.02 Å². The normalized spacial score (nSPS) is 10.2. The van der Waals surface area contributed by atoms with Gasteiger partial charge < -0.3 is 25.3 Å². The molecule has 0 spiro atoms. The minimum absolute atomic E-state index is 0.230. The van der Waals surface area contributed by atoms with Crippen molar-refractivity contribution in [2.75, 3.05) is 27.1 Å². The average molecular weight is 351 g/mol. The van der Waals surface area contributed by atoms with Crippen molar-refractivity contribution in [3.63, 3.8) is 0 Å². The quantitative estimate of drug-likeness (QED) is 0.783. The number of nitrogens with two attached hydrogens (primary N) is 1. The molecule has 0 unspecified atom stereocenters. The SMILES string of the molecule is COc1ccc(CNC(=O)c2cc(Cl)ccc2N)c(OC)c1OC. The zero-order valence-corrected chi connectivity index (χ0v) is 14.4. The maximum atomic E-state index is 12.3. The van der Waals surface area contributed by atoms with E-state index >= 15 is 0 Å². The van der Waals surface area contributed by atoms with E-state index in [0.29, 0.717) is 33.5 Å². The van der Waals surface area contributed by atoms with Crippen LogP contribution in [0.4, 0.5) is 5.69 Å². The van der Waals surface area contributed by atoms with Crippen molar-refractivity contribution < 1.29 is 19.0 Å². The van der Waals surface area contributed by atoms with Crippen LogP contribution in [0.25, 0.3) is 0 Å². The summed E-state index contributed by atoms with van der Waals surface area (Å²) in [4.78, 5) is 12.3. The first-order valence-corrected chi connectivity index (χ1v) is 7.50. The van der Waals surface area contributed by atoms with Crippen molar-refractivity contribution in [2.24, 2.45) is 0 Å². The Hall–Kier alpha value is -2.60. The summed E-state index contributed by atoms with van der Waals surface area (Å²) in [5, 5.41) is 3.24. The largest absolute Gasteiger partial charge is 0.493 e. The number of benzene rings is 2. The number of methoxy groups -OCH3 is 3. The van der Waals surface area contributed by atoms with E-state index in [1.807, 2.05) is 0 Å². The van der Waals surface area contributed by atoms with E-state index in [4.69, 9.17) is 31.5 Å². The first kappa shape index (κ1) is 17.7. The summed E-state index contributed by atoms with van der Waals surface area (Å²) in [6.45, 7) is 0.230. The monoisotopic (exact) mass is 350 g/mol. The Bertz CT molecular complexity index is 750. The van der Waals surface area contributed by atoms with Crippen molar-refractivity contribution >= 4 is 23.2 Å². The van der Waals surface area contributed by atoms with E-state index in [9.17, 15) is 4.79 Å². The fourth-order valence-corrected chi connectivity index (χ4v) is 2.47. The van der Waals surface area contributed by atoms with Crippen LogP contribution >= 0.6 is 11.6 Å². The summed E-state index contributed by atoms with van der Waals surface area (Å²) in [6, 6.07) is 8.29. The Morgan fingerprint density at radius 2 is 1.79 bits per heavy atom. The van der Waals surface area contributed by atoms with Crippen LogP contribution in [-0.4, -0.2) is 27.2 Å². The Balaban J connectivity index is 2.23. The van der Waals surface area contributed by atoms with Gasteiger partial charge in [0.2, 0.25) is 5.75 Å². The molecule has 0 aromatic heterocycles. The highest BCUT2D eigenvalue weighted by Gasteiger charge is 2.17. The maximum absolute atomic E-state index is 12.3. The number of carbonyl (C=O) groups excluding carboxylic acids is 1. The number of amides is 1. The number of nitrogen functional groups attached to an aromatic ring is 1. The second-order valence-corrected chi connectivity index (χ2v) is 5.34. The molecule has 0 saturated heterocycles. The van der Waals surface area contributed by atoms with Crippen molar-refractivity contribution in [3.05, 3.63) is 46.5 Å². The fraction of sp³-hybridized carbons (Fsp3) is 0.235. The van der Waals surface area contributed by atoms with Crippen LogP contribution in [0.1, 0.15) is 15.9 Å². The van der Waals surface area contributed by atoms with Crippen molar-refractivity contribution in [2.45, 2.75) is 6.54 Å². The van der Waals surface area contributed by atoms with E-state index < -0.39 is 0 Å². The van der Waals surface area contributed by atoms with Gasteiger partial charge in [0.15, 0.2) is 11.5 Å². The predicted molar refractivity (Wildman–Crippen MR) is 93.1 cm³/mol. The lowest BCUT2D eigenvalue weighted by Crippen LogP contribution is -2.24. The number of nitrogens with one attached hydrogen (secondary N) is 1. The van der Waals surface area contributed by atoms with Gasteiger partial charge in [-0.05, 0) is 30.3 Å². The lowest BCUT2D eigenvalue weighted by Gasteiger charge is -2.16. The molecule has 7 heteroatoms. The van der Waals surface area contributed by atoms with Crippen LogP contribution < -0.4 is 25.3 Å². The number of hydrogen-bond donors (Lipinski definition) is 2. The Kier molecular flexibility index (Phi) is 5.76. The Morgan fingerprint density at radius 1 is 1.08 bits per heavy atom. The molecule has 0 bridgehead atoms. The zero-order valence-electron chi connectivity index (χ0n) is 13.7. The molecule has 2 rings (SSSR count). The zero-order chi connectivity index (χ0) is 17.7. The number of hydrogen-bond acceptors (Lipinski definition) is 5. The third-order valence-corrected chi connectivity index (χ3v) is 3.72. The minimum Gasteiger partial charge on any atom is -0.493 e. The molecule has 0 radical (unpaired) electrons. The molecule has 2 aromatic rings. The second kappa shape index (κ2) is 7.79. The minimum atomic E-state index is -0.327. The number of halogens is 1. The molecule has 24 heavy (non-hydrogen) atoms. The Labute approximate surface area is 145 Å². The van der Waals surface area contributed by atoms with Crippen LogP contribution in [0.15, 0.2) is 30.3 Å². The highest BCUT2D eigenvalue weighted by atomic mass is 35.5.